The van der Waals surface area contributed by atoms with Crippen molar-refractivity contribution in [1.29, 1.82) is 0 Å². The summed E-state index contributed by atoms with van der Waals surface area (Å²) in [5, 5.41) is 40.4. The second kappa shape index (κ2) is 13.3. The lowest BCUT2D eigenvalue weighted by molar-refractivity contribution is 0.0477. The lowest BCUT2D eigenvalue weighted by Gasteiger charge is -2.50. The minimum atomic E-state index is -0.117. The van der Waals surface area contributed by atoms with Crippen molar-refractivity contribution in [2.75, 3.05) is 0 Å². The Kier molecular flexibility index (Phi) is 8.96. The van der Waals surface area contributed by atoms with Gasteiger partial charge in [0, 0.05) is 10.8 Å². The second-order valence-corrected chi connectivity index (χ2v) is 15.0. The fourth-order valence-electron chi connectivity index (χ4n) is 10.3. The predicted molar refractivity (Wildman–Crippen MR) is 188 cm³/mol. The molecule has 3 aliphatic rings. The van der Waals surface area contributed by atoms with E-state index in [1.165, 1.54) is 80.0 Å². The highest BCUT2D eigenvalue weighted by Crippen LogP contribution is 2.56. The van der Waals surface area contributed by atoms with Crippen molar-refractivity contribution in [3.63, 3.8) is 0 Å². The Bertz CT molecular complexity index is 1370. The maximum Gasteiger partial charge on any atom is 0.115 e. The highest BCUT2D eigenvalue weighted by molar-refractivity contribution is 5.45. The van der Waals surface area contributed by atoms with Gasteiger partial charge in [0.15, 0.2) is 0 Å². The maximum absolute atomic E-state index is 10.1. The Morgan fingerprint density at radius 2 is 0.617 bits per heavy atom. The second-order valence-electron chi connectivity index (χ2n) is 15.0. The SMILES string of the molecule is Oc1ccc(C2(c3ccc(O)cc3)CCC(C(C3CCCCC3)C3CCC(c4ccc(O)cc4)(c4ccc(O)cc4)CC3)CC2)cc1. The van der Waals surface area contributed by atoms with Crippen molar-refractivity contribution in [3.8, 4) is 23.0 Å². The van der Waals surface area contributed by atoms with E-state index in [1.807, 2.05) is 48.5 Å². The molecule has 7 rings (SSSR count). The van der Waals surface area contributed by atoms with E-state index >= 15 is 0 Å². The molecule has 246 valence electrons. The maximum atomic E-state index is 10.1. The fraction of sp³-hybridized carbons (Fsp3) is 0.442. The van der Waals surface area contributed by atoms with Gasteiger partial charge in [0.2, 0.25) is 0 Å². The summed E-state index contributed by atoms with van der Waals surface area (Å²) < 4.78 is 0. The number of hydrogen-bond donors (Lipinski definition) is 4. The van der Waals surface area contributed by atoms with Crippen LogP contribution in [-0.4, -0.2) is 20.4 Å². The average molecular weight is 631 g/mol. The van der Waals surface area contributed by atoms with Gasteiger partial charge in [-0.05, 0) is 146 Å². The molecule has 0 spiro atoms. The minimum absolute atomic E-state index is 0.117. The van der Waals surface area contributed by atoms with E-state index < -0.39 is 0 Å². The van der Waals surface area contributed by atoms with Crippen LogP contribution in [0.25, 0.3) is 0 Å². The molecule has 0 atom stereocenters. The van der Waals surface area contributed by atoms with Crippen molar-refractivity contribution < 1.29 is 20.4 Å². The van der Waals surface area contributed by atoms with Crippen molar-refractivity contribution in [2.45, 2.75) is 94.3 Å². The van der Waals surface area contributed by atoms with Gasteiger partial charge in [0.05, 0.1) is 0 Å². The summed E-state index contributed by atoms with van der Waals surface area (Å²) in [5.74, 6) is 4.11. The summed E-state index contributed by atoms with van der Waals surface area (Å²) in [6.07, 6.45) is 15.9. The third kappa shape index (κ3) is 6.24. The Morgan fingerprint density at radius 1 is 0.362 bits per heavy atom. The molecule has 0 aliphatic heterocycles. The van der Waals surface area contributed by atoms with E-state index in [0.29, 0.717) is 34.8 Å². The molecule has 0 bridgehead atoms. The van der Waals surface area contributed by atoms with Gasteiger partial charge >= 0.3 is 0 Å². The van der Waals surface area contributed by atoms with Crippen molar-refractivity contribution in [2.24, 2.45) is 23.7 Å². The molecule has 3 saturated carbocycles. The number of hydrogen-bond acceptors (Lipinski definition) is 4. The summed E-state index contributed by atoms with van der Waals surface area (Å²) in [4.78, 5) is 0. The van der Waals surface area contributed by atoms with Crippen molar-refractivity contribution in [1.82, 2.24) is 0 Å². The molecule has 0 heterocycles. The van der Waals surface area contributed by atoms with E-state index in [4.69, 9.17) is 0 Å². The van der Waals surface area contributed by atoms with Gasteiger partial charge in [-0.1, -0.05) is 80.6 Å². The molecule has 4 heteroatoms. The predicted octanol–water partition coefficient (Wildman–Crippen LogP) is 10.4. The first-order chi connectivity index (χ1) is 22.9. The van der Waals surface area contributed by atoms with Crippen LogP contribution in [0.15, 0.2) is 97.1 Å². The number of phenolic OH excluding ortho intramolecular Hbond substituents is 4. The first-order valence-electron chi connectivity index (χ1n) is 18.0. The molecule has 47 heavy (non-hydrogen) atoms. The van der Waals surface area contributed by atoms with E-state index in [2.05, 4.69) is 48.5 Å². The Hall–Kier alpha value is -3.92. The molecule has 3 fully saturated rings. The van der Waals surface area contributed by atoms with Gasteiger partial charge < -0.3 is 20.4 Å². The van der Waals surface area contributed by atoms with Crippen LogP contribution in [0.2, 0.25) is 0 Å². The van der Waals surface area contributed by atoms with E-state index in [9.17, 15) is 20.4 Å². The monoisotopic (exact) mass is 630 g/mol. The molecular formula is C43H50O4. The Morgan fingerprint density at radius 3 is 0.894 bits per heavy atom. The number of rotatable bonds is 7. The molecule has 0 unspecified atom stereocenters. The van der Waals surface area contributed by atoms with Crippen molar-refractivity contribution >= 4 is 0 Å². The molecule has 0 radical (unpaired) electrons. The van der Waals surface area contributed by atoms with Crippen LogP contribution in [0.1, 0.15) is 106 Å². The third-order valence-electron chi connectivity index (χ3n) is 12.7. The molecule has 0 saturated heterocycles. The summed E-state index contributed by atoms with van der Waals surface area (Å²) in [7, 11) is 0. The minimum Gasteiger partial charge on any atom is -0.508 e. The largest absolute Gasteiger partial charge is 0.508 e. The summed E-state index contributed by atoms with van der Waals surface area (Å²) >= 11 is 0. The van der Waals surface area contributed by atoms with Crippen LogP contribution < -0.4 is 0 Å². The van der Waals surface area contributed by atoms with E-state index in [1.54, 1.807) is 0 Å². The summed E-state index contributed by atoms with van der Waals surface area (Å²) in [5.41, 5.74) is 4.82. The Balaban J connectivity index is 1.17. The molecular weight excluding hydrogens is 580 g/mol. The molecule has 4 aromatic rings. The van der Waals surface area contributed by atoms with Gasteiger partial charge in [0.1, 0.15) is 23.0 Å². The molecule has 3 aliphatic carbocycles. The van der Waals surface area contributed by atoms with Crippen LogP contribution in [0, 0.1) is 23.7 Å². The van der Waals surface area contributed by atoms with Crippen LogP contribution in [0.4, 0.5) is 0 Å². The molecule has 4 aromatic carbocycles. The van der Waals surface area contributed by atoms with Crippen LogP contribution in [-0.2, 0) is 10.8 Å². The lowest BCUT2D eigenvalue weighted by atomic mass is 9.54. The van der Waals surface area contributed by atoms with Gasteiger partial charge in [0.25, 0.3) is 0 Å². The normalized spacial score (nSPS) is 20.7. The first-order valence-corrected chi connectivity index (χ1v) is 18.0. The highest BCUT2D eigenvalue weighted by Gasteiger charge is 2.47. The number of benzene rings is 4. The summed E-state index contributed by atoms with van der Waals surface area (Å²) in [6.45, 7) is 0. The molecule has 0 amide bonds. The van der Waals surface area contributed by atoms with Crippen molar-refractivity contribution in [3.05, 3.63) is 119 Å². The smallest absolute Gasteiger partial charge is 0.115 e. The topological polar surface area (TPSA) is 80.9 Å². The number of phenols is 4. The summed E-state index contributed by atoms with van der Waals surface area (Å²) in [6, 6.07) is 31.4. The molecule has 4 N–H and O–H groups in total. The fourth-order valence-corrected chi connectivity index (χ4v) is 10.3. The van der Waals surface area contributed by atoms with Crippen LogP contribution in [0.5, 0.6) is 23.0 Å². The average Bonchev–Trinajstić information content (AvgIpc) is 3.11. The number of aromatic hydroxyl groups is 4. The zero-order valence-electron chi connectivity index (χ0n) is 27.5. The van der Waals surface area contributed by atoms with Gasteiger partial charge in [-0.25, -0.2) is 0 Å². The van der Waals surface area contributed by atoms with E-state index in [-0.39, 0.29) is 10.8 Å². The van der Waals surface area contributed by atoms with Crippen LogP contribution >= 0.6 is 0 Å². The van der Waals surface area contributed by atoms with Gasteiger partial charge in [-0.2, -0.15) is 0 Å². The third-order valence-corrected chi connectivity index (χ3v) is 12.7. The zero-order chi connectivity index (χ0) is 32.4. The van der Waals surface area contributed by atoms with Gasteiger partial charge in [-0.3, -0.25) is 0 Å². The van der Waals surface area contributed by atoms with E-state index in [0.717, 1.165) is 37.5 Å². The zero-order valence-corrected chi connectivity index (χ0v) is 27.5. The molecule has 0 aromatic heterocycles. The molecule has 4 nitrogen and oxygen atoms in total. The standard InChI is InChI=1S/C43H50O4/c44-37-14-6-33(7-15-37)42(34-8-16-38(45)17-9-34)26-22-31(23-27-42)41(30-4-2-1-3-5-30)32-24-28-43(29-25-32,35-10-18-39(46)19-11-35)36-12-20-40(47)21-13-36/h6-21,30-32,41,44-47H,1-5,22-29H2. The van der Waals surface area contributed by atoms with Crippen LogP contribution in [0.3, 0.4) is 0 Å². The lowest BCUT2D eigenvalue weighted by Crippen LogP contribution is -2.42. The Labute approximate surface area is 280 Å². The highest BCUT2D eigenvalue weighted by atomic mass is 16.3. The first kappa shape index (κ1) is 31.7. The van der Waals surface area contributed by atoms with Gasteiger partial charge in [-0.15, -0.1) is 0 Å². The quantitative estimate of drug-likeness (QED) is 0.164.